The Morgan fingerprint density at radius 3 is 2.44 bits per heavy atom. The highest BCUT2D eigenvalue weighted by Gasteiger charge is 2.67. The van der Waals surface area contributed by atoms with Crippen molar-refractivity contribution in [2.24, 2.45) is 47.3 Å². The fraction of sp³-hybridized carbons (Fsp3) is 0.667. The maximum atomic E-state index is 13.4. The van der Waals surface area contributed by atoms with Crippen LogP contribution in [-0.4, -0.2) is 64.0 Å². The Labute approximate surface area is 213 Å². The normalized spacial score (nSPS) is 39.4. The van der Waals surface area contributed by atoms with Gasteiger partial charge in [0.05, 0.1) is 17.9 Å². The van der Waals surface area contributed by atoms with E-state index in [9.17, 15) is 14.7 Å². The van der Waals surface area contributed by atoms with E-state index in [0.717, 1.165) is 32.5 Å². The van der Waals surface area contributed by atoms with Crippen LogP contribution in [0.15, 0.2) is 30.5 Å². The van der Waals surface area contributed by atoms with Crippen LogP contribution in [0, 0.1) is 47.3 Å². The molecule has 0 spiro atoms. The van der Waals surface area contributed by atoms with Crippen molar-refractivity contribution in [3.63, 3.8) is 0 Å². The molecular formula is C30H39N3O3. The fourth-order valence-electron chi connectivity index (χ4n) is 9.05. The van der Waals surface area contributed by atoms with Gasteiger partial charge in [-0.1, -0.05) is 25.1 Å². The number of aliphatic hydroxyl groups excluding tert-OH is 1. The van der Waals surface area contributed by atoms with E-state index in [1.165, 1.54) is 29.3 Å². The lowest BCUT2D eigenvalue weighted by molar-refractivity contribution is -0.141. The Kier molecular flexibility index (Phi) is 5.37. The third kappa shape index (κ3) is 3.43. The maximum Gasteiger partial charge on any atom is 0.233 e. The minimum absolute atomic E-state index is 0.0697. The SMILES string of the molecule is CC(O)C1C(C)C2CC1C1C(=O)N(C[C@H]3C[C@@H]3CN3CCC(c4c[nH]c5ccccc45)CC3)C(=O)C21. The average Bonchev–Trinajstić information content (AvgIpc) is 3.18. The fourth-order valence-corrected chi connectivity index (χ4v) is 9.05. The molecule has 1 aromatic heterocycles. The van der Waals surface area contributed by atoms with Crippen LogP contribution in [-0.2, 0) is 9.59 Å². The number of aromatic amines is 1. The number of hydrogen-bond donors (Lipinski definition) is 2. The molecule has 2 bridgehead atoms. The number of likely N-dealkylation sites (tertiary alicyclic amines) is 2. The number of benzene rings is 1. The Morgan fingerprint density at radius 1 is 1.00 bits per heavy atom. The summed E-state index contributed by atoms with van der Waals surface area (Å²) in [5.41, 5.74) is 2.70. The van der Waals surface area contributed by atoms with Gasteiger partial charge in [-0.3, -0.25) is 14.5 Å². The number of H-pyrrole nitrogens is 1. The van der Waals surface area contributed by atoms with Crippen LogP contribution in [0.5, 0.6) is 0 Å². The third-order valence-electron chi connectivity index (χ3n) is 10.9. The number of hydrogen-bond acceptors (Lipinski definition) is 4. The van der Waals surface area contributed by atoms with E-state index in [0.29, 0.717) is 30.2 Å². The zero-order chi connectivity index (χ0) is 24.7. The summed E-state index contributed by atoms with van der Waals surface area (Å²) < 4.78 is 0. The Balaban J connectivity index is 0.935. The molecule has 0 radical (unpaired) electrons. The first-order valence-corrected chi connectivity index (χ1v) is 14.2. The summed E-state index contributed by atoms with van der Waals surface area (Å²) >= 11 is 0. The Hall–Kier alpha value is -2.18. The summed E-state index contributed by atoms with van der Waals surface area (Å²) in [5, 5.41) is 11.7. The molecule has 2 N–H and O–H groups in total. The van der Waals surface area contributed by atoms with Gasteiger partial charge in [-0.15, -0.1) is 0 Å². The predicted molar refractivity (Wildman–Crippen MR) is 138 cm³/mol. The lowest BCUT2D eigenvalue weighted by Gasteiger charge is -2.35. The average molecular weight is 490 g/mol. The lowest BCUT2D eigenvalue weighted by atomic mass is 9.68. The van der Waals surface area contributed by atoms with E-state index in [1.54, 1.807) is 4.90 Å². The van der Waals surface area contributed by atoms with Gasteiger partial charge in [0.2, 0.25) is 11.8 Å². The van der Waals surface area contributed by atoms with Crippen LogP contribution in [0.2, 0.25) is 0 Å². The molecule has 3 heterocycles. The van der Waals surface area contributed by atoms with Crippen LogP contribution in [0.3, 0.4) is 0 Å². The minimum atomic E-state index is -0.402. The molecule has 5 fully saturated rings. The van der Waals surface area contributed by atoms with Crippen LogP contribution >= 0.6 is 0 Å². The summed E-state index contributed by atoms with van der Waals surface area (Å²) in [6, 6.07) is 8.60. The lowest BCUT2D eigenvalue weighted by Crippen LogP contribution is -2.40. The van der Waals surface area contributed by atoms with Gasteiger partial charge >= 0.3 is 0 Å². The second-order valence-electron chi connectivity index (χ2n) is 12.7. The number of aliphatic hydroxyl groups is 1. The van der Waals surface area contributed by atoms with Crippen LogP contribution < -0.4 is 0 Å². The van der Waals surface area contributed by atoms with Crippen LogP contribution in [0.1, 0.15) is 51.0 Å². The van der Waals surface area contributed by atoms with Gasteiger partial charge in [-0.25, -0.2) is 0 Å². The van der Waals surface area contributed by atoms with Gasteiger partial charge < -0.3 is 15.0 Å². The molecule has 9 atom stereocenters. The van der Waals surface area contributed by atoms with E-state index in [1.807, 2.05) is 6.92 Å². The molecule has 36 heavy (non-hydrogen) atoms. The molecule has 7 unspecified atom stereocenters. The first kappa shape index (κ1) is 23.0. The zero-order valence-electron chi connectivity index (χ0n) is 21.5. The predicted octanol–water partition coefficient (Wildman–Crippen LogP) is 3.87. The quantitative estimate of drug-likeness (QED) is 0.604. The molecule has 3 saturated carbocycles. The van der Waals surface area contributed by atoms with Crippen molar-refractivity contribution in [1.29, 1.82) is 0 Å². The maximum absolute atomic E-state index is 13.4. The third-order valence-corrected chi connectivity index (χ3v) is 10.9. The monoisotopic (exact) mass is 489 g/mol. The molecule has 192 valence electrons. The number of piperidine rings is 1. The topological polar surface area (TPSA) is 76.6 Å². The summed E-state index contributed by atoms with van der Waals surface area (Å²) in [5.74, 6) is 2.52. The number of amides is 2. The van der Waals surface area contributed by atoms with E-state index >= 15 is 0 Å². The van der Waals surface area contributed by atoms with Crippen molar-refractivity contribution in [2.45, 2.75) is 51.6 Å². The number of carbonyl (C=O) groups excluding carboxylic acids is 2. The minimum Gasteiger partial charge on any atom is -0.393 e. The molecule has 2 amide bonds. The smallest absolute Gasteiger partial charge is 0.233 e. The van der Waals surface area contributed by atoms with Crippen LogP contribution in [0.4, 0.5) is 0 Å². The zero-order valence-corrected chi connectivity index (χ0v) is 21.5. The summed E-state index contributed by atoms with van der Waals surface area (Å²) in [6.07, 6.45) is 6.26. The molecule has 6 nitrogen and oxygen atoms in total. The number of imide groups is 1. The number of para-hydroxylation sites is 1. The first-order chi connectivity index (χ1) is 17.4. The molecule has 2 aliphatic heterocycles. The van der Waals surface area contributed by atoms with E-state index < -0.39 is 6.10 Å². The number of rotatable bonds is 6. The van der Waals surface area contributed by atoms with Crippen molar-refractivity contribution in [1.82, 2.24) is 14.8 Å². The Morgan fingerprint density at radius 2 is 1.69 bits per heavy atom. The molecule has 2 aromatic rings. The molecule has 3 aliphatic carbocycles. The molecule has 2 saturated heterocycles. The van der Waals surface area contributed by atoms with Crippen molar-refractivity contribution < 1.29 is 14.7 Å². The highest BCUT2D eigenvalue weighted by Crippen LogP contribution is 2.62. The highest BCUT2D eigenvalue weighted by atomic mass is 16.3. The van der Waals surface area contributed by atoms with Gasteiger partial charge in [0, 0.05) is 30.2 Å². The molecule has 6 heteroatoms. The standard InChI is InChI=1S/C30H39N3O3/c1-16-22-12-23(26(16)17(2)34)28-27(22)29(35)33(30(28)36)15-20-11-19(20)14-32-9-7-18(8-10-32)24-13-31-25-6-4-3-5-21(24)25/h3-6,13,16-20,22-23,26-28,31,34H,7-12,14-15H2,1-2H3/t16?,17?,19-,20-,22?,23?,26?,27?,28?/m1/s1. The highest BCUT2D eigenvalue weighted by molar-refractivity contribution is 6.06. The number of carbonyl (C=O) groups is 2. The molecule has 5 aliphatic rings. The molecular weight excluding hydrogens is 450 g/mol. The van der Waals surface area contributed by atoms with Crippen molar-refractivity contribution in [2.75, 3.05) is 26.2 Å². The summed E-state index contributed by atoms with van der Waals surface area (Å²) in [6.45, 7) is 8.00. The van der Waals surface area contributed by atoms with Crippen LogP contribution in [0.25, 0.3) is 10.9 Å². The van der Waals surface area contributed by atoms with E-state index in [2.05, 4.69) is 47.3 Å². The molecule has 7 rings (SSSR count). The van der Waals surface area contributed by atoms with Gasteiger partial charge in [0.25, 0.3) is 0 Å². The van der Waals surface area contributed by atoms with Gasteiger partial charge in [0.1, 0.15) is 0 Å². The molecule has 1 aromatic carbocycles. The van der Waals surface area contributed by atoms with Gasteiger partial charge in [0.15, 0.2) is 0 Å². The van der Waals surface area contributed by atoms with Crippen molar-refractivity contribution in [3.05, 3.63) is 36.0 Å². The Bertz CT molecular complexity index is 1180. The number of nitrogens with one attached hydrogen (secondary N) is 1. The van der Waals surface area contributed by atoms with Gasteiger partial charge in [-0.2, -0.15) is 0 Å². The second-order valence-corrected chi connectivity index (χ2v) is 12.7. The number of fused-ring (bicyclic) bond motifs is 6. The summed E-state index contributed by atoms with van der Waals surface area (Å²) in [4.78, 5) is 34.4. The van der Waals surface area contributed by atoms with E-state index in [4.69, 9.17) is 0 Å². The summed E-state index contributed by atoms with van der Waals surface area (Å²) in [7, 11) is 0. The van der Waals surface area contributed by atoms with Crippen molar-refractivity contribution in [3.8, 4) is 0 Å². The first-order valence-electron chi connectivity index (χ1n) is 14.2. The largest absolute Gasteiger partial charge is 0.393 e. The van der Waals surface area contributed by atoms with Gasteiger partial charge in [-0.05, 0) is 98.8 Å². The van der Waals surface area contributed by atoms with Crippen molar-refractivity contribution >= 4 is 22.7 Å². The number of nitrogens with zero attached hydrogens (tertiary/aromatic N) is 2. The number of aromatic nitrogens is 1. The second kappa shape index (κ2) is 8.42. The van der Waals surface area contributed by atoms with E-state index in [-0.39, 0.29) is 41.4 Å².